The molecule has 11 aromatic rings. The Balaban J connectivity index is 1.17. The summed E-state index contributed by atoms with van der Waals surface area (Å²) < 4.78 is 13.1. The van der Waals surface area contributed by atoms with Gasteiger partial charge in [0.1, 0.15) is 17.2 Å². The first-order chi connectivity index (χ1) is 24.8. The lowest BCUT2D eigenvalue weighted by Crippen LogP contribution is -2.01. The highest BCUT2D eigenvalue weighted by atomic mass is 16.3. The van der Waals surface area contributed by atoms with Crippen LogP contribution in [0.5, 0.6) is 0 Å². The number of nitrogens with zero attached hydrogens (tertiary/aromatic N) is 5. The van der Waals surface area contributed by atoms with Crippen molar-refractivity contribution in [3.05, 3.63) is 157 Å². The minimum absolute atomic E-state index is 0.573. The second kappa shape index (κ2) is 9.96. The lowest BCUT2D eigenvalue weighted by Gasteiger charge is -2.14. The van der Waals surface area contributed by atoms with E-state index in [0.717, 1.165) is 83.3 Å². The molecule has 0 saturated heterocycles. The van der Waals surface area contributed by atoms with Crippen LogP contribution in [-0.2, 0) is 0 Å². The van der Waals surface area contributed by atoms with Gasteiger partial charge in [-0.2, -0.15) is 5.26 Å². The lowest BCUT2D eigenvalue weighted by molar-refractivity contribution is 0.669. The number of imidazole rings is 2. The van der Waals surface area contributed by atoms with Crippen molar-refractivity contribution in [1.82, 2.24) is 18.5 Å². The van der Waals surface area contributed by atoms with Crippen molar-refractivity contribution in [3.8, 4) is 28.6 Å². The Kier molecular flexibility index (Phi) is 5.36. The van der Waals surface area contributed by atoms with Crippen LogP contribution < -0.4 is 0 Å². The van der Waals surface area contributed by atoms with Gasteiger partial charge in [0.15, 0.2) is 0 Å². The average Bonchev–Trinajstić information content (AvgIpc) is 3.91. The van der Waals surface area contributed by atoms with Gasteiger partial charge in [-0.15, -0.1) is 0 Å². The number of rotatable bonds is 3. The summed E-state index contributed by atoms with van der Waals surface area (Å²) >= 11 is 0. The summed E-state index contributed by atoms with van der Waals surface area (Å²) in [4.78, 5) is 5.10. The van der Waals surface area contributed by atoms with Gasteiger partial charge in [-0.3, -0.25) is 8.97 Å². The van der Waals surface area contributed by atoms with E-state index in [2.05, 4.69) is 123 Å². The fourth-order valence-electron chi connectivity index (χ4n) is 7.95. The minimum atomic E-state index is 0.573. The van der Waals surface area contributed by atoms with Gasteiger partial charge in [0, 0.05) is 32.8 Å². The smallest absolute Gasteiger partial charge is 0.220 e. The fourth-order valence-corrected chi connectivity index (χ4v) is 7.95. The van der Waals surface area contributed by atoms with E-state index in [1.165, 1.54) is 10.8 Å². The summed E-state index contributed by atoms with van der Waals surface area (Å²) in [6.07, 6.45) is 0. The average molecular weight is 640 g/mol. The van der Waals surface area contributed by atoms with E-state index in [1.807, 2.05) is 48.5 Å². The molecule has 0 atom stereocenters. The molecule has 0 N–H and O–H groups in total. The maximum atomic E-state index is 10.5. The highest BCUT2D eigenvalue weighted by Gasteiger charge is 2.22. The Hall–Kier alpha value is -7.10. The molecule has 0 aliphatic rings. The number of fused-ring (bicyclic) bond motifs is 11. The van der Waals surface area contributed by atoms with Crippen molar-refractivity contribution in [3.63, 3.8) is 0 Å². The molecule has 0 radical (unpaired) electrons. The Morgan fingerprint density at radius 3 is 1.92 bits per heavy atom. The molecule has 232 valence electrons. The first-order valence-electron chi connectivity index (χ1n) is 16.6. The van der Waals surface area contributed by atoms with Gasteiger partial charge in [-0.25, -0.2) is 4.98 Å². The van der Waals surface area contributed by atoms with Crippen molar-refractivity contribution in [2.45, 2.75) is 0 Å². The van der Waals surface area contributed by atoms with Crippen LogP contribution in [0.1, 0.15) is 5.56 Å². The third-order valence-electron chi connectivity index (χ3n) is 10.1. The number of nitriles is 1. The molecule has 4 heterocycles. The van der Waals surface area contributed by atoms with E-state index in [9.17, 15) is 5.26 Å². The van der Waals surface area contributed by atoms with Crippen LogP contribution in [0.3, 0.4) is 0 Å². The summed E-state index contributed by atoms with van der Waals surface area (Å²) in [6, 6.07) is 54.8. The summed E-state index contributed by atoms with van der Waals surface area (Å²) in [6.45, 7) is 0. The van der Waals surface area contributed by atoms with Gasteiger partial charge in [-0.05, 0) is 78.4 Å². The summed E-state index contributed by atoms with van der Waals surface area (Å²) in [7, 11) is 0. The fraction of sp³-hybridized carbons (Fsp3) is 0. The molecule has 0 fully saturated rings. The zero-order valence-electron chi connectivity index (χ0n) is 26.6. The molecule has 0 aliphatic carbocycles. The Labute approximate surface area is 284 Å². The first kappa shape index (κ1) is 26.9. The van der Waals surface area contributed by atoms with Crippen molar-refractivity contribution >= 4 is 71.6 Å². The highest BCUT2D eigenvalue weighted by molar-refractivity contribution is 6.11. The van der Waals surface area contributed by atoms with Gasteiger partial charge in [0.2, 0.25) is 5.78 Å². The highest BCUT2D eigenvalue weighted by Crippen LogP contribution is 2.40. The number of benzene rings is 7. The van der Waals surface area contributed by atoms with Crippen molar-refractivity contribution in [2.75, 3.05) is 0 Å². The van der Waals surface area contributed by atoms with Crippen molar-refractivity contribution in [1.29, 1.82) is 5.26 Å². The topological polar surface area (TPSA) is 64.1 Å². The maximum absolute atomic E-state index is 10.5. The monoisotopic (exact) mass is 639 g/mol. The number of aromatic nitrogens is 4. The van der Waals surface area contributed by atoms with E-state index in [4.69, 9.17) is 9.40 Å². The number of hydrogen-bond acceptors (Lipinski definition) is 3. The van der Waals surface area contributed by atoms with Crippen LogP contribution in [0.15, 0.2) is 156 Å². The molecule has 4 aromatic heterocycles. The van der Waals surface area contributed by atoms with Crippen LogP contribution in [0.2, 0.25) is 0 Å². The summed E-state index contributed by atoms with van der Waals surface area (Å²) in [5, 5.41) is 15.0. The van der Waals surface area contributed by atoms with Gasteiger partial charge >= 0.3 is 0 Å². The van der Waals surface area contributed by atoms with E-state index >= 15 is 0 Å². The van der Waals surface area contributed by atoms with E-state index in [1.54, 1.807) is 0 Å². The summed E-state index contributed by atoms with van der Waals surface area (Å²) in [5.41, 5.74) is 12.3. The Bertz CT molecular complexity index is 3180. The minimum Gasteiger partial charge on any atom is -0.456 e. The zero-order chi connectivity index (χ0) is 32.9. The lowest BCUT2D eigenvalue weighted by atomic mass is 9.98. The largest absolute Gasteiger partial charge is 0.456 e. The van der Waals surface area contributed by atoms with Crippen LogP contribution >= 0.6 is 0 Å². The van der Waals surface area contributed by atoms with Crippen molar-refractivity contribution < 1.29 is 4.42 Å². The molecule has 0 unspecified atom stereocenters. The van der Waals surface area contributed by atoms with Crippen molar-refractivity contribution in [2.24, 2.45) is 0 Å². The summed E-state index contributed by atoms with van der Waals surface area (Å²) in [5.74, 6) is 0.766. The Morgan fingerprint density at radius 2 is 1.16 bits per heavy atom. The Morgan fingerprint density at radius 1 is 0.520 bits per heavy atom. The standard InChI is InChI=1S/C44H25N5O/c45-26-28-10-9-13-30(43(28)49-40-19-8-7-18-39(40)48-38-17-6-3-14-35(38)46-44(48)49)27-20-22-41-33(24-27)34-25-29(21-23-42(34)50-41)47-36-15-4-1-11-31(36)32-12-2-5-16-37(32)47/h1-25H. The van der Waals surface area contributed by atoms with Crippen LogP contribution in [0.25, 0.3) is 94.1 Å². The molecule has 6 nitrogen and oxygen atoms in total. The third-order valence-corrected chi connectivity index (χ3v) is 10.1. The normalized spacial score (nSPS) is 12.0. The van der Waals surface area contributed by atoms with E-state index < -0.39 is 0 Å². The molecule has 0 aliphatic heterocycles. The van der Waals surface area contributed by atoms with Crippen LogP contribution in [0.4, 0.5) is 0 Å². The molecule has 50 heavy (non-hydrogen) atoms. The predicted molar refractivity (Wildman–Crippen MR) is 201 cm³/mol. The van der Waals surface area contributed by atoms with E-state index in [0.29, 0.717) is 5.56 Å². The van der Waals surface area contributed by atoms with Gasteiger partial charge < -0.3 is 8.98 Å². The molecule has 7 aromatic carbocycles. The molecule has 6 heteroatoms. The molecule has 0 bridgehead atoms. The molecule has 0 amide bonds. The number of para-hydroxylation sites is 7. The second-order valence-electron chi connectivity index (χ2n) is 12.7. The quantitative estimate of drug-likeness (QED) is 0.193. The van der Waals surface area contributed by atoms with Gasteiger partial charge in [0.25, 0.3) is 0 Å². The third kappa shape index (κ3) is 3.58. The first-order valence-corrected chi connectivity index (χ1v) is 16.6. The van der Waals surface area contributed by atoms with Crippen LogP contribution in [-0.4, -0.2) is 18.5 Å². The predicted octanol–water partition coefficient (Wildman–Crippen LogP) is 11.0. The SMILES string of the molecule is N#Cc1cccc(-c2ccc3oc4ccc(-n5c6ccccc6c6ccccc65)cc4c3c2)c1-n1c2ccccc2n2c3ccccc3nc12. The number of furan rings is 1. The van der Waals surface area contributed by atoms with Gasteiger partial charge in [-0.1, -0.05) is 78.9 Å². The number of hydrogen-bond donors (Lipinski definition) is 0. The molecular weight excluding hydrogens is 615 g/mol. The van der Waals surface area contributed by atoms with Crippen LogP contribution in [0, 0.1) is 11.3 Å². The van der Waals surface area contributed by atoms with E-state index in [-0.39, 0.29) is 0 Å². The molecule has 0 spiro atoms. The molecular formula is C44H25N5O. The maximum Gasteiger partial charge on any atom is 0.220 e. The van der Waals surface area contributed by atoms with Gasteiger partial charge in [0.05, 0.1) is 44.4 Å². The molecule has 0 saturated carbocycles. The second-order valence-corrected chi connectivity index (χ2v) is 12.7. The zero-order valence-corrected chi connectivity index (χ0v) is 26.6. The molecule has 11 rings (SSSR count).